The summed E-state index contributed by atoms with van der Waals surface area (Å²) in [6, 6.07) is 5.28. The smallest absolute Gasteiger partial charge is 0.278 e. The third kappa shape index (κ3) is 3.31. The molecule has 0 saturated carbocycles. The number of hydrogen-bond acceptors (Lipinski definition) is 5. The summed E-state index contributed by atoms with van der Waals surface area (Å²) in [6.45, 7) is 0.563. The maximum absolute atomic E-state index is 12.1. The average Bonchev–Trinajstić information content (AvgIpc) is 2.92. The molecule has 0 amide bonds. The minimum absolute atomic E-state index is 0.104. The Morgan fingerprint density at radius 2 is 2.13 bits per heavy atom. The van der Waals surface area contributed by atoms with Crippen molar-refractivity contribution in [2.45, 2.75) is 13.1 Å². The molecule has 3 N–H and O–H groups in total. The van der Waals surface area contributed by atoms with Gasteiger partial charge in [-0.1, -0.05) is 29.3 Å². The molecular formula is C14H13Cl2N5O2. The second-order valence-electron chi connectivity index (χ2n) is 4.84. The Hall–Kier alpha value is -2.09. The van der Waals surface area contributed by atoms with Crippen molar-refractivity contribution < 1.29 is 5.11 Å². The molecule has 3 rings (SSSR count). The van der Waals surface area contributed by atoms with Crippen molar-refractivity contribution >= 4 is 40.2 Å². The van der Waals surface area contributed by atoms with Crippen LogP contribution in [0.3, 0.4) is 0 Å². The maximum Gasteiger partial charge on any atom is 0.278 e. The summed E-state index contributed by atoms with van der Waals surface area (Å²) in [6.07, 6.45) is 1.49. The Labute approximate surface area is 140 Å². The zero-order valence-electron chi connectivity index (χ0n) is 11.9. The van der Waals surface area contributed by atoms with Gasteiger partial charge in [0, 0.05) is 6.54 Å². The number of aromatic nitrogens is 4. The van der Waals surface area contributed by atoms with Gasteiger partial charge >= 0.3 is 0 Å². The highest BCUT2D eigenvalue weighted by atomic mass is 35.5. The number of H-pyrrole nitrogens is 1. The van der Waals surface area contributed by atoms with Crippen molar-refractivity contribution in [1.29, 1.82) is 0 Å². The summed E-state index contributed by atoms with van der Waals surface area (Å²) in [5, 5.41) is 17.0. The van der Waals surface area contributed by atoms with E-state index < -0.39 is 0 Å². The zero-order chi connectivity index (χ0) is 16.4. The van der Waals surface area contributed by atoms with Gasteiger partial charge in [-0.15, -0.1) is 0 Å². The summed E-state index contributed by atoms with van der Waals surface area (Å²) in [4.78, 5) is 19.1. The summed E-state index contributed by atoms with van der Waals surface area (Å²) in [5.74, 6) is 0.331. The standard InChI is InChI=1S/C14H13Cl2N5O2/c15-9-2-1-8(5-10(9)16)6-17-14-19-11-7-18-21(3-4-22)12(11)13(23)20-14/h1-2,5,7,22H,3-4,6H2,(H2,17,19,20,23). The molecule has 0 aliphatic rings. The van der Waals surface area contributed by atoms with Gasteiger partial charge in [-0.05, 0) is 17.7 Å². The molecule has 0 atom stereocenters. The second-order valence-corrected chi connectivity index (χ2v) is 5.66. The van der Waals surface area contributed by atoms with Gasteiger partial charge in [0.15, 0.2) is 5.52 Å². The van der Waals surface area contributed by atoms with Crippen LogP contribution in [-0.4, -0.2) is 31.5 Å². The summed E-state index contributed by atoms with van der Waals surface area (Å²) in [5.41, 5.74) is 1.37. The van der Waals surface area contributed by atoms with E-state index in [0.29, 0.717) is 33.6 Å². The number of anilines is 1. The number of fused-ring (bicyclic) bond motifs is 1. The fourth-order valence-corrected chi connectivity index (χ4v) is 2.51. The van der Waals surface area contributed by atoms with Crippen molar-refractivity contribution in [2.24, 2.45) is 0 Å². The van der Waals surface area contributed by atoms with Crippen LogP contribution in [0.25, 0.3) is 11.0 Å². The van der Waals surface area contributed by atoms with Crippen molar-refractivity contribution in [3.8, 4) is 0 Å². The normalized spacial score (nSPS) is 11.1. The Kier molecular flexibility index (Phi) is 4.51. The average molecular weight is 354 g/mol. The molecule has 2 aromatic heterocycles. The number of halogens is 2. The van der Waals surface area contributed by atoms with Crippen LogP contribution in [-0.2, 0) is 13.1 Å². The predicted molar refractivity (Wildman–Crippen MR) is 89.0 cm³/mol. The molecule has 0 fully saturated rings. The van der Waals surface area contributed by atoms with Gasteiger partial charge in [-0.3, -0.25) is 14.5 Å². The molecule has 2 heterocycles. The molecule has 0 spiro atoms. The lowest BCUT2D eigenvalue weighted by Crippen LogP contribution is -2.17. The summed E-state index contributed by atoms with van der Waals surface area (Å²) < 4.78 is 1.42. The molecule has 1 aromatic carbocycles. The summed E-state index contributed by atoms with van der Waals surface area (Å²) in [7, 11) is 0. The maximum atomic E-state index is 12.1. The van der Waals surface area contributed by atoms with Crippen LogP contribution in [0, 0.1) is 0 Å². The molecule has 0 saturated heterocycles. The second kappa shape index (κ2) is 6.57. The molecule has 0 radical (unpaired) electrons. The minimum Gasteiger partial charge on any atom is -0.394 e. The van der Waals surface area contributed by atoms with Gasteiger partial charge in [0.05, 0.1) is 29.4 Å². The molecule has 7 nitrogen and oxygen atoms in total. The Morgan fingerprint density at radius 3 is 2.87 bits per heavy atom. The molecular weight excluding hydrogens is 341 g/mol. The lowest BCUT2D eigenvalue weighted by molar-refractivity contribution is 0.271. The van der Waals surface area contributed by atoms with E-state index in [2.05, 4.69) is 20.4 Å². The van der Waals surface area contributed by atoms with Gasteiger partial charge in [0.1, 0.15) is 5.52 Å². The topological polar surface area (TPSA) is 95.8 Å². The van der Waals surface area contributed by atoms with E-state index in [4.69, 9.17) is 28.3 Å². The van der Waals surface area contributed by atoms with Gasteiger partial charge < -0.3 is 10.4 Å². The van der Waals surface area contributed by atoms with E-state index in [9.17, 15) is 4.79 Å². The van der Waals surface area contributed by atoms with Crippen molar-refractivity contribution in [3.05, 3.63) is 50.4 Å². The van der Waals surface area contributed by atoms with E-state index >= 15 is 0 Å². The number of aliphatic hydroxyl groups is 1. The number of benzene rings is 1. The highest BCUT2D eigenvalue weighted by molar-refractivity contribution is 6.42. The Morgan fingerprint density at radius 1 is 1.30 bits per heavy atom. The highest BCUT2D eigenvalue weighted by Crippen LogP contribution is 2.22. The molecule has 3 aromatic rings. The number of aromatic amines is 1. The van der Waals surface area contributed by atoms with Crippen molar-refractivity contribution in [3.63, 3.8) is 0 Å². The molecule has 9 heteroatoms. The van der Waals surface area contributed by atoms with Crippen LogP contribution in [0.15, 0.2) is 29.2 Å². The molecule has 0 bridgehead atoms. The molecule has 0 aliphatic heterocycles. The fraction of sp³-hybridized carbons (Fsp3) is 0.214. The van der Waals surface area contributed by atoms with Crippen LogP contribution < -0.4 is 10.9 Å². The number of aliphatic hydroxyl groups excluding tert-OH is 1. The minimum atomic E-state index is -0.322. The first kappa shape index (κ1) is 15.8. The van der Waals surface area contributed by atoms with Crippen molar-refractivity contribution in [1.82, 2.24) is 19.7 Å². The number of rotatable bonds is 5. The molecule has 120 valence electrons. The van der Waals surface area contributed by atoms with Crippen LogP contribution >= 0.6 is 23.2 Å². The zero-order valence-corrected chi connectivity index (χ0v) is 13.4. The number of hydrogen-bond donors (Lipinski definition) is 3. The van der Waals surface area contributed by atoms with Gasteiger partial charge in [-0.25, -0.2) is 4.98 Å². The summed E-state index contributed by atoms with van der Waals surface area (Å²) >= 11 is 11.8. The Balaban J connectivity index is 1.83. The number of nitrogens with zero attached hydrogens (tertiary/aromatic N) is 3. The van der Waals surface area contributed by atoms with Gasteiger partial charge in [0.25, 0.3) is 5.56 Å². The monoisotopic (exact) mass is 353 g/mol. The third-order valence-electron chi connectivity index (χ3n) is 3.26. The first-order valence-corrected chi connectivity index (χ1v) is 7.58. The first-order valence-electron chi connectivity index (χ1n) is 6.83. The highest BCUT2D eigenvalue weighted by Gasteiger charge is 2.10. The van der Waals surface area contributed by atoms with E-state index in [-0.39, 0.29) is 18.7 Å². The van der Waals surface area contributed by atoms with E-state index in [1.54, 1.807) is 12.1 Å². The Bertz CT molecular complexity index is 906. The molecule has 23 heavy (non-hydrogen) atoms. The largest absolute Gasteiger partial charge is 0.394 e. The quantitative estimate of drug-likeness (QED) is 0.652. The van der Waals surface area contributed by atoms with Gasteiger partial charge in [0.2, 0.25) is 5.95 Å². The van der Waals surface area contributed by atoms with E-state index in [1.807, 2.05) is 6.07 Å². The van der Waals surface area contributed by atoms with Crippen LogP contribution in [0.5, 0.6) is 0 Å². The first-order chi connectivity index (χ1) is 11.1. The van der Waals surface area contributed by atoms with Crippen LogP contribution in [0.2, 0.25) is 10.0 Å². The fourth-order valence-electron chi connectivity index (χ4n) is 2.19. The lowest BCUT2D eigenvalue weighted by atomic mass is 10.2. The number of nitrogens with one attached hydrogen (secondary N) is 2. The van der Waals surface area contributed by atoms with Crippen LogP contribution in [0.1, 0.15) is 5.56 Å². The van der Waals surface area contributed by atoms with Crippen molar-refractivity contribution in [2.75, 3.05) is 11.9 Å². The lowest BCUT2D eigenvalue weighted by Gasteiger charge is -2.07. The van der Waals surface area contributed by atoms with Crippen LogP contribution in [0.4, 0.5) is 5.95 Å². The van der Waals surface area contributed by atoms with E-state index in [0.717, 1.165) is 5.56 Å². The molecule has 0 unspecified atom stereocenters. The molecule has 0 aliphatic carbocycles. The third-order valence-corrected chi connectivity index (χ3v) is 3.99. The SMILES string of the molecule is O=c1[nH]c(NCc2ccc(Cl)c(Cl)c2)nc2cnn(CCO)c12. The predicted octanol–water partition coefficient (Wildman–Crippen LogP) is 2.03. The van der Waals surface area contributed by atoms with Gasteiger partial charge in [-0.2, -0.15) is 5.10 Å². The van der Waals surface area contributed by atoms with E-state index in [1.165, 1.54) is 10.9 Å².